The van der Waals surface area contributed by atoms with Crippen LogP contribution in [0.25, 0.3) is 0 Å². The van der Waals surface area contributed by atoms with Gasteiger partial charge in [0.2, 0.25) is 0 Å². The highest BCUT2D eigenvalue weighted by atomic mass is 14.5. The van der Waals surface area contributed by atoms with Gasteiger partial charge < -0.3 is 5.41 Å². The fraction of sp³-hybridized carbons (Fsp3) is 0.273. The van der Waals surface area contributed by atoms with E-state index in [2.05, 4.69) is 0 Å². The Balaban J connectivity index is 3.36. The Bertz CT molecular complexity index is 341. The number of hydrogen-bond acceptors (Lipinski definition) is 2. The molecule has 0 fully saturated rings. The Labute approximate surface area is 78.6 Å². The van der Waals surface area contributed by atoms with Gasteiger partial charge in [0, 0.05) is 11.8 Å². The summed E-state index contributed by atoms with van der Waals surface area (Å²) in [6.07, 6.45) is 1.09. The minimum absolute atomic E-state index is 0.287. The van der Waals surface area contributed by atoms with Crippen LogP contribution in [0.2, 0.25) is 0 Å². The Morgan fingerprint density at radius 2 is 1.62 bits per heavy atom. The third kappa shape index (κ3) is 1.83. The topological polar surface area (TPSA) is 47.7 Å². The highest BCUT2D eigenvalue weighted by molar-refractivity contribution is 6.36. The summed E-state index contributed by atoms with van der Waals surface area (Å²) in [5, 5.41) is 14.6. The molecule has 0 unspecified atom stereocenters. The van der Waals surface area contributed by atoms with Gasteiger partial charge in [-0.3, -0.25) is 5.41 Å². The Hall–Kier alpha value is -1.44. The highest BCUT2D eigenvalue weighted by Crippen LogP contribution is 2.16. The zero-order valence-electron chi connectivity index (χ0n) is 8.23. The maximum absolute atomic E-state index is 7.59. The molecule has 0 aliphatic heterocycles. The molecule has 0 spiro atoms. The number of rotatable bonds is 2. The molecule has 2 N–H and O–H groups in total. The molecule has 0 saturated heterocycles. The van der Waals surface area contributed by atoms with Crippen LogP contribution in [0.3, 0.4) is 0 Å². The molecule has 68 valence electrons. The van der Waals surface area contributed by atoms with Crippen LogP contribution in [0.1, 0.15) is 22.3 Å². The summed E-state index contributed by atoms with van der Waals surface area (Å²) < 4.78 is 0. The summed E-state index contributed by atoms with van der Waals surface area (Å²) in [6, 6.07) is 4.08. The van der Waals surface area contributed by atoms with Gasteiger partial charge in [-0.2, -0.15) is 0 Å². The standard InChI is InChI=1S/C11H14N2/c1-7-4-8(2)11(9(3)5-7)10(13)6-12/h4-6,12-13H,1-3H3. The highest BCUT2D eigenvalue weighted by Gasteiger charge is 2.06. The molecule has 0 amide bonds. The molecule has 0 bridgehead atoms. The lowest BCUT2D eigenvalue weighted by molar-refractivity contribution is 1.29. The Morgan fingerprint density at radius 1 is 1.15 bits per heavy atom. The van der Waals surface area contributed by atoms with Crippen LogP contribution in [0.15, 0.2) is 12.1 Å². The molecular weight excluding hydrogens is 160 g/mol. The molecule has 0 atom stereocenters. The van der Waals surface area contributed by atoms with E-state index in [1.807, 2.05) is 32.9 Å². The minimum Gasteiger partial charge on any atom is -0.307 e. The van der Waals surface area contributed by atoms with Crippen molar-refractivity contribution in [1.82, 2.24) is 0 Å². The molecule has 2 nitrogen and oxygen atoms in total. The first-order valence-electron chi connectivity index (χ1n) is 4.23. The minimum atomic E-state index is 0.287. The van der Waals surface area contributed by atoms with Crippen LogP contribution in [0, 0.1) is 31.6 Å². The van der Waals surface area contributed by atoms with Gasteiger partial charge in [0.05, 0.1) is 5.71 Å². The van der Waals surface area contributed by atoms with Crippen molar-refractivity contribution >= 4 is 11.9 Å². The molecular formula is C11H14N2. The predicted octanol–water partition coefficient (Wildman–Crippen LogP) is 2.63. The molecule has 0 aromatic heterocycles. The average Bonchev–Trinajstić information content (AvgIpc) is 2.02. The molecule has 2 heteroatoms. The third-order valence-electron chi connectivity index (χ3n) is 2.09. The van der Waals surface area contributed by atoms with Crippen LogP contribution < -0.4 is 0 Å². The summed E-state index contributed by atoms with van der Waals surface area (Å²) in [6.45, 7) is 6.00. The molecule has 0 saturated carbocycles. The van der Waals surface area contributed by atoms with Crippen molar-refractivity contribution in [2.24, 2.45) is 0 Å². The van der Waals surface area contributed by atoms with E-state index in [9.17, 15) is 0 Å². The summed E-state index contributed by atoms with van der Waals surface area (Å²) >= 11 is 0. The molecule has 0 radical (unpaired) electrons. The van der Waals surface area contributed by atoms with Crippen molar-refractivity contribution in [3.05, 3.63) is 34.4 Å². The quantitative estimate of drug-likeness (QED) is 0.647. The van der Waals surface area contributed by atoms with Gasteiger partial charge in [-0.15, -0.1) is 0 Å². The molecule has 13 heavy (non-hydrogen) atoms. The van der Waals surface area contributed by atoms with E-state index in [1.54, 1.807) is 0 Å². The van der Waals surface area contributed by atoms with E-state index in [0.717, 1.165) is 22.9 Å². The van der Waals surface area contributed by atoms with Crippen LogP contribution in [0.4, 0.5) is 0 Å². The largest absolute Gasteiger partial charge is 0.307 e. The number of nitrogens with one attached hydrogen (secondary N) is 2. The van der Waals surface area contributed by atoms with Crippen molar-refractivity contribution in [3.63, 3.8) is 0 Å². The second kappa shape index (κ2) is 3.52. The smallest absolute Gasteiger partial charge is 0.0793 e. The predicted molar refractivity (Wildman–Crippen MR) is 56.3 cm³/mol. The normalized spacial score (nSPS) is 9.77. The maximum Gasteiger partial charge on any atom is 0.0793 e. The molecule has 1 aromatic rings. The lowest BCUT2D eigenvalue weighted by atomic mass is 9.97. The monoisotopic (exact) mass is 174 g/mol. The van der Waals surface area contributed by atoms with E-state index >= 15 is 0 Å². The second-order valence-electron chi connectivity index (χ2n) is 3.33. The molecule has 1 aromatic carbocycles. The molecule has 0 aliphatic carbocycles. The zero-order chi connectivity index (χ0) is 10.0. The number of aryl methyl sites for hydroxylation is 3. The van der Waals surface area contributed by atoms with Gasteiger partial charge in [0.1, 0.15) is 0 Å². The van der Waals surface area contributed by atoms with E-state index in [-0.39, 0.29) is 5.71 Å². The SMILES string of the molecule is Cc1cc(C)c(C(=N)C=N)c(C)c1. The van der Waals surface area contributed by atoms with Crippen LogP contribution in [0.5, 0.6) is 0 Å². The third-order valence-corrected chi connectivity index (χ3v) is 2.09. The summed E-state index contributed by atoms with van der Waals surface area (Å²) in [7, 11) is 0. The van der Waals surface area contributed by atoms with Gasteiger partial charge in [-0.25, -0.2) is 0 Å². The first-order chi connectivity index (χ1) is 6.06. The lowest BCUT2D eigenvalue weighted by Crippen LogP contribution is -2.05. The van der Waals surface area contributed by atoms with Crippen LogP contribution >= 0.6 is 0 Å². The van der Waals surface area contributed by atoms with Gasteiger partial charge in [0.15, 0.2) is 0 Å². The maximum atomic E-state index is 7.59. The van der Waals surface area contributed by atoms with Gasteiger partial charge in [0.25, 0.3) is 0 Å². The number of hydrogen-bond donors (Lipinski definition) is 2. The summed E-state index contributed by atoms with van der Waals surface area (Å²) in [5.74, 6) is 0. The Morgan fingerprint density at radius 3 is 2.00 bits per heavy atom. The Kier molecular flexibility index (Phi) is 2.61. The average molecular weight is 174 g/mol. The van der Waals surface area contributed by atoms with E-state index in [1.165, 1.54) is 5.56 Å². The first kappa shape index (κ1) is 9.65. The molecule has 0 aliphatic rings. The summed E-state index contributed by atoms with van der Waals surface area (Å²) in [4.78, 5) is 0. The second-order valence-corrected chi connectivity index (χ2v) is 3.33. The van der Waals surface area contributed by atoms with Crippen molar-refractivity contribution in [3.8, 4) is 0 Å². The fourth-order valence-corrected chi connectivity index (χ4v) is 1.68. The van der Waals surface area contributed by atoms with Crippen molar-refractivity contribution in [2.45, 2.75) is 20.8 Å². The lowest BCUT2D eigenvalue weighted by Gasteiger charge is -2.09. The van der Waals surface area contributed by atoms with E-state index in [0.29, 0.717) is 0 Å². The van der Waals surface area contributed by atoms with E-state index in [4.69, 9.17) is 10.8 Å². The van der Waals surface area contributed by atoms with Crippen molar-refractivity contribution < 1.29 is 0 Å². The molecule has 1 rings (SSSR count). The van der Waals surface area contributed by atoms with Gasteiger partial charge in [-0.1, -0.05) is 17.7 Å². The van der Waals surface area contributed by atoms with Gasteiger partial charge >= 0.3 is 0 Å². The van der Waals surface area contributed by atoms with E-state index < -0.39 is 0 Å². The molecule has 0 heterocycles. The van der Waals surface area contributed by atoms with Crippen LogP contribution in [-0.2, 0) is 0 Å². The zero-order valence-corrected chi connectivity index (χ0v) is 8.23. The van der Waals surface area contributed by atoms with Crippen LogP contribution in [-0.4, -0.2) is 11.9 Å². The number of benzene rings is 1. The van der Waals surface area contributed by atoms with Gasteiger partial charge in [-0.05, 0) is 31.9 Å². The van der Waals surface area contributed by atoms with Crippen molar-refractivity contribution in [1.29, 1.82) is 10.8 Å². The summed E-state index contributed by atoms with van der Waals surface area (Å²) in [5.41, 5.74) is 4.53. The fourth-order valence-electron chi connectivity index (χ4n) is 1.68. The van der Waals surface area contributed by atoms with Crippen molar-refractivity contribution in [2.75, 3.05) is 0 Å². The first-order valence-corrected chi connectivity index (χ1v) is 4.23.